The van der Waals surface area contributed by atoms with Crippen molar-refractivity contribution in [3.05, 3.63) is 48.0 Å². The minimum atomic E-state index is -0.327. The number of phenols is 1. The van der Waals surface area contributed by atoms with Crippen LogP contribution in [0.2, 0.25) is 0 Å². The van der Waals surface area contributed by atoms with Crippen molar-refractivity contribution < 1.29 is 14.6 Å². The summed E-state index contributed by atoms with van der Waals surface area (Å²) in [4.78, 5) is 11.0. The molecule has 2 rings (SSSR count). The van der Waals surface area contributed by atoms with Gasteiger partial charge < -0.3 is 9.84 Å². The number of unbranched alkanes of at least 4 members (excludes halogenated alkanes) is 3. The fraction of sp³-hybridized carbons (Fsp3) is 0.350. The summed E-state index contributed by atoms with van der Waals surface area (Å²) in [5.74, 6) is 0.556. The topological polar surface area (TPSA) is 46.5 Å². The van der Waals surface area contributed by atoms with Gasteiger partial charge in [-0.05, 0) is 42.2 Å². The van der Waals surface area contributed by atoms with Crippen molar-refractivity contribution in [2.75, 3.05) is 0 Å². The SMILES string of the molecule is CCCCCCc1c(O)cccc1-c1ccc(OC(C)=O)cc1. The predicted octanol–water partition coefficient (Wildman–Crippen LogP) is 5.11. The van der Waals surface area contributed by atoms with E-state index in [1.54, 1.807) is 18.2 Å². The van der Waals surface area contributed by atoms with Crippen LogP contribution >= 0.6 is 0 Å². The molecule has 0 saturated carbocycles. The predicted molar refractivity (Wildman–Crippen MR) is 92.7 cm³/mol. The number of carbonyl (C=O) groups is 1. The van der Waals surface area contributed by atoms with E-state index >= 15 is 0 Å². The second kappa shape index (κ2) is 8.37. The van der Waals surface area contributed by atoms with Crippen LogP contribution in [0, 0.1) is 0 Å². The number of phenolic OH excluding ortho intramolecular Hbond substituents is 1. The van der Waals surface area contributed by atoms with Crippen LogP contribution in [0.25, 0.3) is 11.1 Å². The fourth-order valence-electron chi connectivity index (χ4n) is 2.70. The largest absolute Gasteiger partial charge is 0.508 e. The summed E-state index contributed by atoms with van der Waals surface area (Å²) in [6, 6.07) is 13.0. The molecule has 0 aromatic heterocycles. The second-order valence-corrected chi connectivity index (χ2v) is 5.73. The summed E-state index contributed by atoms with van der Waals surface area (Å²) in [5, 5.41) is 10.2. The summed E-state index contributed by atoms with van der Waals surface area (Å²) in [6.07, 6.45) is 5.54. The van der Waals surface area contributed by atoms with E-state index in [2.05, 4.69) is 6.92 Å². The van der Waals surface area contributed by atoms with Crippen molar-refractivity contribution >= 4 is 5.97 Å². The number of aromatic hydroxyl groups is 1. The minimum Gasteiger partial charge on any atom is -0.508 e. The van der Waals surface area contributed by atoms with Crippen LogP contribution in [0.3, 0.4) is 0 Å². The molecule has 2 aromatic carbocycles. The number of rotatable bonds is 7. The molecule has 0 unspecified atom stereocenters. The van der Waals surface area contributed by atoms with Gasteiger partial charge in [-0.25, -0.2) is 0 Å². The number of carbonyl (C=O) groups excluding carboxylic acids is 1. The van der Waals surface area contributed by atoms with Gasteiger partial charge in [0.05, 0.1) is 0 Å². The first-order valence-corrected chi connectivity index (χ1v) is 8.21. The summed E-state index contributed by atoms with van der Waals surface area (Å²) in [7, 11) is 0. The molecule has 0 aliphatic heterocycles. The molecule has 0 atom stereocenters. The van der Waals surface area contributed by atoms with Gasteiger partial charge in [-0.1, -0.05) is 50.5 Å². The van der Waals surface area contributed by atoms with Crippen LogP contribution in [-0.2, 0) is 11.2 Å². The van der Waals surface area contributed by atoms with Crippen molar-refractivity contribution in [1.82, 2.24) is 0 Å². The van der Waals surface area contributed by atoms with Gasteiger partial charge in [0.2, 0.25) is 0 Å². The maximum Gasteiger partial charge on any atom is 0.308 e. The van der Waals surface area contributed by atoms with Crippen LogP contribution in [-0.4, -0.2) is 11.1 Å². The van der Waals surface area contributed by atoms with Gasteiger partial charge in [0.1, 0.15) is 11.5 Å². The normalized spacial score (nSPS) is 10.5. The zero-order chi connectivity index (χ0) is 16.7. The van der Waals surface area contributed by atoms with E-state index in [1.807, 2.05) is 24.3 Å². The minimum absolute atomic E-state index is 0.327. The lowest BCUT2D eigenvalue weighted by molar-refractivity contribution is -0.131. The quantitative estimate of drug-likeness (QED) is 0.439. The average Bonchev–Trinajstić information content (AvgIpc) is 2.53. The van der Waals surface area contributed by atoms with Crippen LogP contribution < -0.4 is 4.74 Å². The molecule has 0 bridgehead atoms. The van der Waals surface area contributed by atoms with Gasteiger partial charge in [-0.15, -0.1) is 0 Å². The lowest BCUT2D eigenvalue weighted by Crippen LogP contribution is -2.01. The van der Waals surface area contributed by atoms with Gasteiger partial charge in [-0.3, -0.25) is 4.79 Å². The van der Waals surface area contributed by atoms with Gasteiger partial charge in [0.15, 0.2) is 0 Å². The Morgan fingerprint density at radius 2 is 1.78 bits per heavy atom. The van der Waals surface area contributed by atoms with Crippen molar-refractivity contribution in [3.63, 3.8) is 0 Å². The van der Waals surface area contributed by atoms with E-state index in [-0.39, 0.29) is 5.97 Å². The van der Waals surface area contributed by atoms with Crippen molar-refractivity contribution in [2.24, 2.45) is 0 Å². The van der Waals surface area contributed by atoms with Crippen molar-refractivity contribution in [2.45, 2.75) is 46.0 Å². The molecule has 0 spiro atoms. The van der Waals surface area contributed by atoms with E-state index in [9.17, 15) is 9.90 Å². The third-order valence-corrected chi connectivity index (χ3v) is 3.86. The molecule has 2 aromatic rings. The van der Waals surface area contributed by atoms with Crippen LogP contribution in [0.1, 0.15) is 45.1 Å². The van der Waals surface area contributed by atoms with Gasteiger partial charge in [0, 0.05) is 12.5 Å². The van der Waals surface area contributed by atoms with Crippen LogP contribution in [0.15, 0.2) is 42.5 Å². The molecule has 3 heteroatoms. The van der Waals surface area contributed by atoms with Crippen LogP contribution in [0.4, 0.5) is 0 Å². The maximum atomic E-state index is 11.0. The first-order chi connectivity index (χ1) is 11.1. The first kappa shape index (κ1) is 17.1. The monoisotopic (exact) mass is 312 g/mol. The number of esters is 1. The Morgan fingerprint density at radius 3 is 2.43 bits per heavy atom. The first-order valence-electron chi connectivity index (χ1n) is 8.21. The fourth-order valence-corrected chi connectivity index (χ4v) is 2.70. The highest BCUT2D eigenvalue weighted by molar-refractivity contribution is 5.72. The van der Waals surface area contributed by atoms with E-state index < -0.39 is 0 Å². The van der Waals surface area contributed by atoms with Crippen molar-refractivity contribution in [1.29, 1.82) is 0 Å². The summed E-state index contributed by atoms with van der Waals surface area (Å²) < 4.78 is 5.06. The van der Waals surface area contributed by atoms with Gasteiger partial charge in [-0.2, -0.15) is 0 Å². The Bertz CT molecular complexity index is 644. The molecule has 0 radical (unpaired) electrons. The molecular weight excluding hydrogens is 288 g/mol. The third-order valence-electron chi connectivity index (χ3n) is 3.86. The smallest absolute Gasteiger partial charge is 0.308 e. The molecule has 0 fully saturated rings. The Hall–Kier alpha value is -2.29. The summed E-state index contributed by atoms with van der Waals surface area (Å²) >= 11 is 0. The summed E-state index contributed by atoms with van der Waals surface area (Å²) in [5.41, 5.74) is 3.04. The zero-order valence-corrected chi connectivity index (χ0v) is 13.8. The Kier molecular flexibility index (Phi) is 6.21. The van der Waals surface area contributed by atoms with E-state index in [1.165, 1.54) is 26.2 Å². The van der Waals surface area contributed by atoms with Crippen LogP contribution in [0.5, 0.6) is 11.5 Å². The number of hydrogen-bond acceptors (Lipinski definition) is 3. The molecule has 1 N–H and O–H groups in total. The number of hydrogen-bond donors (Lipinski definition) is 1. The standard InChI is InChI=1S/C20H24O3/c1-3-4-5-6-8-19-18(9-7-10-20(19)22)16-11-13-17(14-12-16)23-15(2)21/h7,9-14,22H,3-6,8H2,1-2H3. The highest BCUT2D eigenvalue weighted by Crippen LogP contribution is 2.32. The number of benzene rings is 2. The second-order valence-electron chi connectivity index (χ2n) is 5.73. The third kappa shape index (κ3) is 4.85. The Morgan fingerprint density at radius 1 is 1.04 bits per heavy atom. The van der Waals surface area contributed by atoms with Crippen molar-refractivity contribution in [3.8, 4) is 22.6 Å². The average molecular weight is 312 g/mol. The molecule has 0 amide bonds. The lowest BCUT2D eigenvalue weighted by Gasteiger charge is -2.12. The molecule has 0 saturated heterocycles. The van der Waals surface area contributed by atoms with Gasteiger partial charge >= 0.3 is 5.97 Å². The molecule has 0 heterocycles. The molecule has 122 valence electrons. The summed E-state index contributed by atoms with van der Waals surface area (Å²) in [6.45, 7) is 3.58. The van der Waals surface area contributed by atoms with E-state index in [0.29, 0.717) is 11.5 Å². The number of ether oxygens (including phenoxy) is 1. The van der Waals surface area contributed by atoms with E-state index in [4.69, 9.17) is 4.74 Å². The van der Waals surface area contributed by atoms with Gasteiger partial charge in [0.25, 0.3) is 0 Å². The lowest BCUT2D eigenvalue weighted by atomic mass is 9.95. The Balaban J connectivity index is 2.21. The molecule has 0 aliphatic rings. The maximum absolute atomic E-state index is 11.0. The molecule has 23 heavy (non-hydrogen) atoms. The Labute approximate surface area is 137 Å². The molecule has 3 nitrogen and oxygen atoms in total. The highest BCUT2D eigenvalue weighted by atomic mass is 16.5. The molecular formula is C20H24O3. The molecule has 0 aliphatic carbocycles. The highest BCUT2D eigenvalue weighted by Gasteiger charge is 2.10. The van der Waals surface area contributed by atoms with E-state index in [0.717, 1.165) is 29.5 Å². The zero-order valence-electron chi connectivity index (χ0n) is 13.8.